The van der Waals surface area contributed by atoms with Crippen LogP contribution < -0.4 is 0 Å². The summed E-state index contributed by atoms with van der Waals surface area (Å²) in [6.07, 6.45) is 2.38. The highest BCUT2D eigenvalue weighted by Crippen LogP contribution is 2.19. The van der Waals surface area contributed by atoms with Crippen LogP contribution in [0.25, 0.3) is 0 Å². The van der Waals surface area contributed by atoms with Gasteiger partial charge in [-0.1, -0.05) is 0 Å². The maximum absolute atomic E-state index is 11.9. The molecule has 0 aromatic carbocycles. The van der Waals surface area contributed by atoms with Gasteiger partial charge in [0.25, 0.3) is 0 Å². The summed E-state index contributed by atoms with van der Waals surface area (Å²) in [5.41, 5.74) is 0. The summed E-state index contributed by atoms with van der Waals surface area (Å²) in [6, 6.07) is -0.00495. The van der Waals surface area contributed by atoms with E-state index in [0.717, 1.165) is 19.7 Å². The maximum Gasteiger partial charge on any atom is 0.239 e. The zero-order valence-electron chi connectivity index (χ0n) is 10.9. The van der Waals surface area contributed by atoms with Crippen molar-refractivity contribution >= 4 is 5.91 Å². The van der Waals surface area contributed by atoms with E-state index in [-0.39, 0.29) is 11.9 Å². The predicted octanol–water partition coefficient (Wildman–Crippen LogP) is 0.822. The molecule has 16 heavy (non-hydrogen) atoms. The Morgan fingerprint density at radius 3 is 2.81 bits per heavy atom. The number of hydrogen-bond acceptors (Lipinski definition) is 3. The number of hydrogen-bond donors (Lipinski definition) is 0. The SMILES string of the molecule is COC[C@@H]1CCCN([C@H](C)C(=O)N(C)C)C1. The first-order valence-electron chi connectivity index (χ1n) is 6.00. The number of amides is 1. The Labute approximate surface area is 98.5 Å². The zero-order valence-corrected chi connectivity index (χ0v) is 10.9. The van der Waals surface area contributed by atoms with Gasteiger partial charge in [-0.2, -0.15) is 0 Å². The molecule has 0 N–H and O–H groups in total. The summed E-state index contributed by atoms with van der Waals surface area (Å²) in [4.78, 5) is 15.8. The molecule has 0 aromatic heterocycles. The topological polar surface area (TPSA) is 32.8 Å². The van der Waals surface area contributed by atoms with Crippen LogP contribution in [0, 0.1) is 5.92 Å². The lowest BCUT2D eigenvalue weighted by Gasteiger charge is -2.36. The van der Waals surface area contributed by atoms with Gasteiger partial charge in [0.1, 0.15) is 0 Å². The average molecular weight is 228 g/mol. The number of ether oxygens (including phenoxy) is 1. The van der Waals surface area contributed by atoms with Crippen LogP contribution in [0.4, 0.5) is 0 Å². The largest absolute Gasteiger partial charge is 0.384 e. The summed E-state index contributed by atoms with van der Waals surface area (Å²) >= 11 is 0. The summed E-state index contributed by atoms with van der Waals surface area (Å²) < 4.78 is 5.20. The van der Waals surface area contributed by atoms with Crippen molar-refractivity contribution < 1.29 is 9.53 Å². The van der Waals surface area contributed by atoms with E-state index < -0.39 is 0 Å². The van der Waals surface area contributed by atoms with E-state index in [1.54, 1.807) is 12.0 Å². The van der Waals surface area contributed by atoms with Gasteiger partial charge < -0.3 is 9.64 Å². The van der Waals surface area contributed by atoms with Gasteiger partial charge >= 0.3 is 0 Å². The smallest absolute Gasteiger partial charge is 0.239 e. The van der Waals surface area contributed by atoms with Gasteiger partial charge in [-0.05, 0) is 32.2 Å². The van der Waals surface area contributed by atoms with Crippen molar-refractivity contribution in [3.05, 3.63) is 0 Å². The molecule has 94 valence electrons. The molecule has 1 heterocycles. The van der Waals surface area contributed by atoms with Crippen LogP contribution in [0.1, 0.15) is 19.8 Å². The minimum Gasteiger partial charge on any atom is -0.384 e. The standard InChI is InChI=1S/C12H24N2O2/c1-10(12(15)13(2)3)14-7-5-6-11(8-14)9-16-4/h10-11H,5-9H2,1-4H3/t10-,11-/m1/s1. The lowest BCUT2D eigenvalue weighted by Crippen LogP contribution is -2.49. The van der Waals surface area contributed by atoms with E-state index in [1.807, 2.05) is 21.0 Å². The Balaban J connectivity index is 2.49. The maximum atomic E-state index is 11.9. The average Bonchev–Trinajstić information content (AvgIpc) is 2.28. The summed E-state index contributed by atoms with van der Waals surface area (Å²) in [5.74, 6) is 0.772. The lowest BCUT2D eigenvalue weighted by atomic mass is 9.97. The third kappa shape index (κ3) is 3.46. The lowest BCUT2D eigenvalue weighted by molar-refractivity contribution is -0.134. The number of rotatable bonds is 4. The van der Waals surface area contributed by atoms with Crippen molar-refractivity contribution in [2.24, 2.45) is 5.92 Å². The van der Waals surface area contributed by atoms with Crippen LogP contribution in [0.5, 0.6) is 0 Å². The number of carbonyl (C=O) groups excluding carboxylic acids is 1. The Bertz CT molecular complexity index is 229. The summed E-state index contributed by atoms with van der Waals surface area (Å²) in [5, 5.41) is 0. The van der Waals surface area contributed by atoms with Gasteiger partial charge in [0.05, 0.1) is 12.6 Å². The molecule has 1 aliphatic heterocycles. The highest BCUT2D eigenvalue weighted by Gasteiger charge is 2.27. The normalized spacial score (nSPS) is 24.1. The van der Waals surface area contributed by atoms with Crippen molar-refractivity contribution in [1.82, 2.24) is 9.80 Å². The fourth-order valence-electron chi connectivity index (χ4n) is 2.35. The first kappa shape index (κ1) is 13.5. The van der Waals surface area contributed by atoms with Crippen LogP contribution in [0.3, 0.4) is 0 Å². The van der Waals surface area contributed by atoms with Gasteiger partial charge in [0.2, 0.25) is 5.91 Å². The second-order valence-electron chi connectivity index (χ2n) is 4.87. The fourth-order valence-corrected chi connectivity index (χ4v) is 2.35. The number of likely N-dealkylation sites (tertiary alicyclic amines) is 1. The quantitative estimate of drug-likeness (QED) is 0.714. The molecule has 0 saturated carbocycles. The molecule has 4 heteroatoms. The predicted molar refractivity (Wildman–Crippen MR) is 64.3 cm³/mol. The monoisotopic (exact) mass is 228 g/mol. The molecular formula is C12H24N2O2. The summed E-state index contributed by atoms with van der Waals surface area (Å²) in [7, 11) is 5.37. The van der Waals surface area contributed by atoms with Crippen molar-refractivity contribution in [2.75, 3.05) is 40.9 Å². The molecule has 0 bridgehead atoms. The van der Waals surface area contributed by atoms with Gasteiger partial charge in [-0.3, -0.25) is 9.69 Å². The fraction of sp³-hybridized carbons (Fsp3) is 0.917. The summed E-state index contributed by atoms with van der Waals surface area (Å²) in [6.45, 7) is 4.81. The highest BCUT2D eigenvalue weighted by molar-refractivity contribution is 5.80. The second kappa shape index (κ2) is 6.21. The van der Waals surface area contributed by atoms with Gasteiger partial charge in [-0.15, -0.1) is 0 Å². The van der Waals surface area contributed by atoms with Crippen molar-refractivity contribution in [3.63, 3.8) is 0 Å². The number of likely N-dealkylation sites (N-methyl/N-ethyl adjacent to an activating group) is 1. The Morgan fingerprint density at radius 2 is 2.25 bits per heavy atom. The van der Waals surface area contributed by atoms with Crippen LogP contribution >= 0.6 is 0 Å². The van der Waals surface area contributed by atoms with Crippen LogP contribution in [-0.2, 0) is 9.53 Å². The number of methoxy groups -OCH3 is 1. The minimum absolute atomic E-state index is 0.00495. The Kier molecular flexibility index (Phi) is 5.22. The van der Waals surface area contributed by atoms with E-state index in [4.69, 9.17) is 4.74 Å². The molecule has 1 saturated heterocycles. The van der Waals surface area contributed by atoms with E-state index in [9.17, 15) is 4.79 Å². The molecule has 4 nitrogen and oxygen atoms in total. The number of nitrogens with zero attached hydrogens (tertiary/aromatic N) is 2. The first-order valence-corrected chi connectivity index (χ1v) is 6.00. The van der Waals surface area contributed by atoms with Crippen LogP contribution in [0.2, 0.25) is 0 Å². The molecule has 1 rings (SSSR count). The first-order chi connectivity index (χ1) is 7.56. The Hall–Kier alpha value is -0.610. The van der Waals surface area contributed by atoms with Gasteiger partial charge in [0.15, 0.2) is 0 Å². The van der Waals surface area contributed by atoms with Gasteiger partial charge in [-0.25, -0.2) is 0 Å². The van der Waals surface area contributed by atoms with Crippen LogP contribution in [-0.4, -0.2) is 62.7 Å². The molecule has 0 aliphatic carbocycles. The Morgan fingerprint density at radius 1 is 1.56 bits per heavy atom. The zero-order chi connectivity index (χ0) is 12.1. The third-order valence-corrected chi connectivity index (χ3v) is 3.30. The van der Waals surface area contributed by atoms with E-state index in [2.05, 4.69) is 4.90 Å². The van der Waals surface area contributed by atoms with Crippen molar-refractivity contribution in [1.29, 1.82) is 0 Å². The molecule has 0 spiro atoms. The third-order valence-electron chi connectivity index (χ3n) is 3.30. The van der Waals surface area contributed by atoms with Crippen LogP contribution in [0.15, 0.2) is 0 Å². The molecule has 1 fully saturated rings. The molecule has 2 atom stereocenters. The van der Waals surface area contributed by atoms with E-state index in [1.165, 1.54) is 12.8 Å². The minimum atomic E-state index is -0.00495. The molecule has 1 amide bonds. The van der Waals surface area contributed by atoms with Crippen molar-refractivity contribution in [2.45, 2.75) is 25.8 Å². The second-order valence-corrected chi connectivity index (χ2v) is 4.87. The van der Waals surface area contributed by atoms with Crippen molar-refractivity contribution in [3.8, 4) is 0 Å². The number of carbonyl (C=O) groups is 1. The molecule has 0 radical (unpaired) electrons. The highest BCUT2D eigenvalue weighted by atomic mass is 16.5. The number of piperidine rings is 1. The molecule has 0 aromatic rings. The van der Waals surface area contributed by atoms with E-state index >= 15 is 0 Å². The molecular weight excluding hydrogens is 204 g/mol. The molecule has 0 unspecified atom stereocenters. The van der Waals surface area contributed by atoms with E-state index in [0.29, 0.717) is 5.92 Å². The van der Waals surface area contributed by atoms with Gasteiger partial charge in [0, 0.05) is 27.7 Å². The molecule has 1 aliphatic rings.